The highest BCUT2D eigenvalue weighted by Crippen LogP contribution is 2.22. The predicted molar refractivity (Wildman–Crippen MR) is 82.0 cm³/mol. The van der Waals surface area contributed by atoms with Crippen LogP contribution in [-0.4, -0.2) is 23.0 Å². The van der Waals surface area contributed by atoms with Gasteiger partial charge in [0.2, 0.25) is 0 Å². The number of pyridine rings is 1. The average molecular weight is 261 g/mol. The zero-order valence-corrected chi connectivity index (χ0v) is 12.7. The molecule has 1 aromatic rings. The molecule has 0 atom stereocenters. The first-order chi connectivity index (χ1) is 9.06. The maximum Gasteiger partial charge on any atom is 0.0461 e. The molecule has 0 unspecified atom stereocenters. The van der Waals surface area contributed by atoms with E-state index in [0.717, 1.165) is 31.8 Å². The second kappa shape index (κ2) is 7.29. The van der Waals surface area contributed by atoms with Crippen molar-refractivity contribution >= 4 is 0 Å². The molecular weight excluding hydrogens is 234 g/mol. The molecule has 106 valence electrons. The average Bonchev–Trinajstić information content (AvgIpc) is 2.39. The first-order valence-corrected chi connectivity index (χ1v) is 7.19. The quantitative estimate of drug-likeness (QED) is 0.909. The molecule has 3 nitrogen and oxygen atoms in total. The summed E-state index contributed by atoms with van der Waals surface area (Å²) in [5.74, 6) is 0.535. The summed E-state index contributed by atoms with van der Waals surface area (Å²) in [6, 6.07) is 2.29. The second-order valence-electron chi connectivity index (χ2n) is 5.15. The van der Waals surface area contributed by atoms with E-state index in [1.165, 1.54) is 16.8 Å². The number of hydrogen-bond acceptors (Lipinski definition) is 3. The van der Waals surface area contributed by atoms with E-state index in [1.54, 1.807) is 0 Å². The van der Waals surface area contributed by atoms with Crippen molar-refractivity contribution in [2.75, 3.05) is 13.1 Å². The van der Waals surface area contributed by atoms with E-state index in [9.17, 15) is 0 Å². The maximum absolute atomic E-state index is 5.67. The standard InChI is InChI=1S/C14H21N3.C2H6/c1-10(2)12-6-13-9-17(8-11(3)15)5-4-14(13)16-7-12;1-2/h6-7,10H,3-5,8-9,15H2,1-2H3;1-2H3. The van der Waals surface area contributed by atoms with E-state index in [2.05, 4.69) is 36.4 Å². The van der Waals surface area contributed by atoms with Gasteiger partial charge in [-0.1, -0.05) is 40.3 Å². The fourth-order valence-corrected chi connectivity index (χ4v) is 2.24. The van der Waals surface area contributed by atoms with Gasteiger partial charge in [-0.25, -0.2) is 0 Å². The summed E-state index contributed by atoms with van der Waals surface area (Å²) < 4.78 is 0. The monoisotopic (exact) mass is 261 g/mol. The zero-order valence-electron chi connectivity index (χ0n) is 12.7. The van der Waals surface area contributed by atoms with Crippen LogP contribution in [0.4, 0.5) is 0 Å². The number of nitrogens with zero attached hydrogens (tertiary/aromatic N) is 2. The minimum Gasteiger partial charge on any atom is -0.401 e. The Morgan fingerprint density at radius 1 is 1.47 bits per heavy atom. The molecule has 0 bridgehead atoms. The number of aromatic nitrogens is 1. The molecule has 1 aliphatic rings. The lowest BCUT2D eigenvalue weighted by molar-refractivity contribution is 0.272. The molecular formula is C16H27N3. The van der Waals surface area contributed by atoms with Crippen molar-refractivity contribution in [2.45, 2.75) is 46.6 Å². The summed E-state index contributed by atoms with van der Waals surface area (Å²) in [7, 11) is 0. The van der Waals surface area contributed by atoms with Crippen LogP contribution in [0.5, 0.6) is 0 Å². The van der Waals surface area contributed by atoms with E-state index in [-0.39, 0.29) is 0 Å². The second-order valence-corrected chi connectivity index (χ2v) is 5.15. The Bertz CT molecular complexity index is 424. The highest BCUT2D eigenvalue weighted by Gasteiger charge is 2.18. The van der Waals surface area contributed by atoms with Crippen LogP contribution in [0.2, 0.25) is 0 Å². The van der Waals surface area contributed by atoms with Crippen LogP contribution >= 0.6 is 0 Å². The van der Waals surface area contributed by atoms with E-state index < -0.39 is 0 Å². The maximum atomic E-state index is 5.67. The molecule has 0 spiro atoms. The van der Waals surface area contributed by atoms with Crippen LogP contribution in [0, 0.1) is 0 Å². The summed E-state index contributed by atoms with van der Waals surface area (Å²) in [4.78, 5) is 6.90. The third-order valence-electron chi connectivity index (χ3n) is 3.23. The highest BCUT2D eigenvalue weighted by atomic mass is 15.1. The topological polar surface area (TPSA) is 42.1 Å². The van der Waals surface area contributed by atoms with Gasteiger partial charge in [0.05, 0.1) is 0 Å². The van der Waals surface area contributed by atoms with E-state index in [0.29, 0.717) is 5.92 Å². The predicted octanol–water partition coefficient (Wildman–Crippen LogP) is 3.06. The van der Waals surface area contributed by atoms with Gasteiger partial charge in [0.15, 0.2) is 0 Å². The molecule has 0 amide bonds. The molecule has 2 heterocycles. The molecule has 2 rings (SSSR count). The van der Waals surface area contributed by atoms with Crippen molar-refractivity contribution in [3.63, 3.8) is 0 Å². The van der Waals surface area contributed by atoms with Crippen LogP contribution < -0.4 is 5.73 Å². The van der Waals surface area contributed by atoms with Gasteiger partial charge < -0.3 is 5.73 Å². The largest absolute Gasteiger partial charge is 0.401 e. The van der Waals surface area contributed by atoms with Crippen molar-refractivity contribution in [1.29, 1.82) is 0 Å². The molecule has 2 N–H and O–H groups in total. The van der Waals surface area contributed by atoms with Crippen LogP contribution in [0.3, 0.4) is 0 Å². The molecule has 0 saturated carbocycles. The summed E-state index contributed by atoms with van der Waals surface area (Å²) in [5.41, 5.74) is 10.3. The van der Waals surface area contributed by atoms with E-state index >= 15 is 0 Å². The summed E-state index contributed by atoms with van der Waals surface area (Å²) in [6.45, 7) is 14.9. The van der Waals surface area contributed by atoms with Crippen molar-refractivity contribution < 1.29 is 0 Å². The van der Waals surface area contributed by atoms with Gasteiger partial charge in [-0.05, 0) is 17.0 Å². The SMILES string of the molecule is C=C(N)CN1CCc2ncc(C(C)C)cc2C1.CC. The molecule has 1 aromatic heterocycles. The third-order valence-corrected chi connectivity index (χ3v) is 3.23. The van der Waals surface area contributed by atoms with E-state index in [4.69, 9.17) is 5.73 Å². The normalized spacial score (nSPS) is 14.6. The van der Waals surface area contributed by atoms with Crippen LogP contribution in [-0.2, 0) is 13.0 Å². The molecule has 3 heteroatoms. The summed E-state index contributed by atoms with van der Waals surface area (Å²) in [5, 5.41) is 0. The first kappa shape index (κ1) is 15.7. The van der Waals surface area contributed by atoms with Crippen LogP contribution in [0.15, 0.2) is 24.5 Å². The minimum atomic E-state index is 0.535. The van der Waals surface area contributed by atoms with Crippen molar-refractivity contribution in [3.05, 3.63) is 41.4 Å². The van der Waals surface area contributed by atoms with Gasteiger partial charge in [-0.15, -0.1) is 0 Å². The summed E-state index contributed by atoms with van der Waals surface area (Å²) in [6.07, 6.45) is 3.03. The number of rotatable bonds is 3. The molecule has 1 aliphatic heterocycles. The Balaban J connectivity index is 0.000000861. The molecule has 0 aliphatic carbocycles. The molecule has 0 radical (unpaired) electrons. The minimum absolute atomic E-state index is 0.535. The van der Waals surface area contributed by atoms with Crippen molar-refractivity contribution in [2.24, 2.45) is 5.73 Å². The zero-order chi connectivity index (χ0) is 14.4. The van der Waals surface area contributed by atoms with Crippen molar-refractivity contribution in [3.8, 4) is 0 Å². The fraction of sp³-hybridized carbons (Fsp3) is 0.562. The van der Waals surface area contributed by atoms with Crippen LogP contribution in [0.1, 0.15) is 50.4 Å². The first-order valence-electron chi connectivity index (χ1n) is 7.19. The number of hydrogen-bond donors (Lipinski definition) is 1. The lowest BCUT2D eigenvalue weighted by Crippen LogP contribution is -2.33. The molecule has 0 saturated heterocycles. The van der Waals surface area contributed by atoms with Gasteiger partial charge >= 0.3 is 0 Å². The molecule has 0 fully saturated rings. The van der Waals surface area contributed by atoms with Gasteiger partial charge in [-0.2, -0.15) is 0 Å². The highest BCUT2D eigenvalue weighted by molar-refractivity contribution is 5.29. The molecule has 19 heavy (non-hydrogen) atoms. The Labute approximate surface area is 117 Å². The van der Waals surface area contributed by atoms with Gasteiger partial charge in [0.1, 0.15) is 0 Å². The third kappa shape index (κ3) is 4.35. The Morgan fingerprint density at radius 2 is 2.16 bits per heavy atom. The number of fused-ring (bicyclic) bond motifs is 1. The smallest absolute Gasteiger partial charge is 0.0461 e. The van der Waals surface area contributed by atoms with Gasteiger partial charge in [-0.3, -0.25) is 9.88 Å². The lowest BCUT2D eigenvalue weighted by atomic mass is 9.99. The lowest BCUT2D eigenvalue weighted by Gasteiger charge is -2.28. The van der Waals surface area contributed by atoms with Crippen molar-refractivity contribution in [1.82, 2.24) is 9.88 Å². The Kier molecular flexibility index (Phi) is 6.03. The van der Waals surface area contributed by atoms with E-state index in [1.807, 2.05) is 20.0 Å². The van der Waals surface area contributed by atoms with Gasteiger partial charge in [0.25, 0.3) is 0 Å². The Hall–Kier alpha value is -1.35. The number of nitrogens with two attached hydrogens (primary N) is 1. The Morgan fingerprint density at radius 3 is 2.74 bits per heavy atom. The molecule has 0 aromatic carbocycles. The van der Waals surface area contributed by atoms with Gasteiger partial charge in [0, 0.05) is 43.6 Å². The summed E-state index contributed by atoms with van der Waals surface area (Å²) >= 11 is 0. The van der Waals surface area contributed by atoms with Crippen LogP contribution in [0.25, 0.3) is 0 Å². The fourth-order valence-electron chi connectivity index (χ4n) is 2.24.